The van der Waals surface area contributed by atoms with Crippen molar-refractivity contribution in [2.24, 2.45) is 0 Å². The normalized spacial score (nSPS) is 10.3. The van der Waals surface area contributed by atoms with Gasteiger partial charge in [0.15, 0.2) is 0 Å². The molecule has 0 bridgehead atoms. The quantitative estimate of drug-likeness (QED) is 0.806. The zero-order valence-corrected chi connectivity index (χ0v) is 12.1. The molecule has 0 saturated heterocycles. The molecule has 0 saturated carbocycles. The van der Waals surface area contributed by atoms with Crippen LogP contribution < -0.4 is 5.32 Å². The highest BCUT2D eigenvalue weighted by molar-refractivity contribution is 7.13. The van der Waals surface area contributed by atoms with Crippen LogP contribution >= 0.6 is 11.3 Å². The molecule has 5 nitrogen and oxygen atoms in total. The Balaban J connectivity index is 1.82. The molecule has 3 aromatic rings. The Hall–Kier alpha value is -2.60. The largest absolute Gasteiger partial charge is 0.319 e. The van der Waals surface area contributed by atoms with E-state index in [1.807, 2.05) is 13.0 Å². The Morgan fingerprint density at radius 1 is 1.19 bits per heavy atom. The number of aromatic nitrogens is 3. The molecule has 0 aliphatic carbocycles. The van der Waals surface area contributed by atoms with Gasteiger partial charge in [-0.05, 0) is 30.7 Å². The molecule has 21 heavy (non-hydrogen) atoms. The van der Waals surface area contributed by atoms with Crippen LogP contribution in [0.2, 0.25) is 0 Å². The predicted octanol–water partition coefficient (Wildman–Crippen LogP) is 3.16. The van der Waals surface area contributed by atoms with Gasteiger partial charge in [0.2, 0.25) is 0 Å². The standard InChI is InChI=1S/C15H12N4OS/c1-10-4-6-17-8-12(10)15-19-13(9-21-15)14(20)18-11-3-2-5-16-7-11/h2-9H,1H3,(H,18,20). The first-order chi connectivity index (χ1) is 10.2. The summed E-state index contributed by atoms with van der Waals surface area (Å²) < 4.78 is 0. The zero-order valence-electron chi connectivity index (χ0n) is 11.3. The van der Waals surface area contributed by atoms with E-state index in [4.69, 9.17) is 0 Å². The third-order valence-corrected chi connectivity index (χ3v) is 3.80. The summed E-state index contributed by atoms with van der Waals surface area (Å²) in [6.45, 7) is 1.99. The average molecular weight is 296 g/mol. The Labute approximate surface area is 125 Å². The van der Waals surface area contributed by atoms with Gasteiger partial charge in [-0.3, -0.25) is 14.8 Å². The molecular weight excluding hydrogens is 284 g/mol. The van der Waals surface area contributed by atoms with E-state index in [-0.39, 0.29) is 5.91 Å². The molecule has 6 heteroatoms. The van der Waals surface area contributed by atoms with Gasteiger partial charge in [-0.1, -0.05) is 0 Å². The van der Waals surface area contributed by atoms with Gasteiger partial charge in [0, 0.05) is 29.5 Å². The molecule has 1 N–H and O–H groups in total. The minimum atomic E-state index is -0.243. The maximum Gasteiger partial charge on any atom is 0.275 e. The predicted molar refractivity (Wildman–Crippen MR) is 82.3 cm³/mol. The van der Waals surface area contributed by atoms with Crippen LogP contribution in [0.3, 0.4) is 0 Å². The van der Waals surface area contributed by atoms with Crippen molar-refractivity contribution in [3.8, 4) is 10.6 Å². The summed E-state index contributed by atoms with van der Waals surface area (Å²) in [6.07, 6.45) is 6.75. The van der Waals surface area contributed by atoms with Crippen LogP contribution in [0.4, 0.5) is 5.69 Å². The van der Waals surface area contributed by atoms with E-state index in [2.05, 4.69) is 20.3 Å². The lowest BCUT2D eigenvalue weighted by Crippen LogP contribution is -2.12. The number of thiazole rings is 1. The van der Waals surface area contributed by atoms with Crippen LogP contribution in [0.1, 0.15) is 16.1 Å². The SMILES string of the molecule is Cc1ccncc1-c1nc(C(=O)Nc2cccnc2)cs1. The van der Waals surface area contributed by atoms with E-state index in [1.54, 1.807) is 42.3 Å². The fraction of sp³-hybridized carbons (Fsp3) is 0.0667. The number of pyridine rings is 2. The van der Waals surface area contributed by atoms with Crippen LogP contribution in [0.5, 0.6) is 0 Å². The molecule has 3 aromatic heterocycles. The van der Waals surface area contributed by atoms with E-state index < -0.39 is 0 Å². The van der Waals surface area contributed by atoms with Crippen molar-refractivity contribution in [3.63, 3.8) is 0 Å². The van der Waals surface area contributed by atoms with Crippen molar-refractivity contribution < 1.29 is 4.79 Å². The lowest BCUT2D eigenvalue weighted by Gasteiger charge is -2.02. The van der Waals surface area contributed by atoms with Gasteiger partial charge in [0.05, 0.1) is 11.9 Å². The number of rotatable bonds is 3. The molecule has 0 aliphatic rings. The third-order valence-electron chi connectivity index (χ3n) is 2.93. The Bertz CT molecular complexity index is 770. The highest BCUT2D eigenvalue weighted by atomic mass is 32.1. The second-order valence-corrected chi connectivity index (χ2v) is 5.28. The number of nitrogens with zero attached hydrogens (tertiary/aromatic N) is 3. The van der Waals surface area contributed by atoms with Crippen LogP contribution in [-0.2, 0) is 0 Å². The summed E-state index contributed by atoms with van der Waals surface area (Å²) in [6, 6.07) is 5.47. The number of hydrogen-bond donors (Lipinski definition) is 1. The molecule has 0 unspecified atom stereocenters. The smallest absolute Gasteiger partial charge is 0.275 e. The first kappa shape index (κ1) is 13.4. The van der Waals surface area contributed by atoms with Crippen molar-refractivity contribution >= 4 is 22.9 Å². The zero-order chi connectivity index (χ0) is 14.7. The fourth-order valence-electron chi connectivity index (χ4n) is 1.82. The molecule has 0 radical (unpaired) electrons. The lowest BCUT2D eigenvalue weighted by molar-refractivity contribution is 0.102. The summed E-state index contributed by atoms with van der Waals surface area (Å²) >= 11 is 1.43. The van der Waals surface area contributed by atoms with Crippen molar-refractivity contribution in [1.29, 1.82) is 0 Å². The van der Waals surface area contributed by atoms with Crippen LogP contribution in [-0.4, -0.2) is 20.9 Å². The molecule has 104 valence electrons. The second kappa shape index (κ2) is 5.80. The van der Waals surface area contributed by atoms with Gasteiger partial charge < -0.3 is 5.32 Å². The lowest BCUT2D eigenvalue weighted by atomic mass is 10.2. The van der Waals surface area contributed by atoms with Crippen LogP contribution in [0.15, 0.2) is 48.4 Å². The topological polar surface area (TPSA) is 67.8 Å². The number of nitrogens with one attached hydrogen (secondary N) is 1. The molecule has 0 spiro atoms. The molecule has 0 atom stereocenters. The Kier molecular flexibility index (Phi) is 3.70. The van der Waals surface area contributed by atoms with Crippen molar-refractivity contribution in [1.82, 2.24) is 15.0 Å². The summed E-state index contributed by atoms with van der Waals surface area (Å²) in [5.74, 6) is -0.243. The van der Waals surface area contributed by atoms with Gasteiger partial charge >= 0.3 is 0 Å². The Morgan fingerprint density at radius 3 is 2.81 bits per heavy atom. The van der Waals surface area contributed by atoms with E-state index in [0.29, 0.717) is 11.4 Å². The summed E-state index contributed by atoms with van der Waals surface area (Å²) in [7, 11) is 0. The number of carbonyl (C=O) groups is 1. The van der Waals surface area contributed by atoms with E-state index in [9.17, 15) is 4.79 Å². The molecular formula is C15H12N4OS. The average Bonchev–Trinajstić information content (AvgIpc) is 2.98. The third kappa shape index (κ3) is 2.95. The molecule has 3 heterocycles. The van der Waals surface area contributed by atoms with Crippen molar-refractivity contribution in [3.05, 3.63) is 59.6 Å². The second-order valence-electron chi connectivity index (χ2n) is 4.42. The van der Waals surface area contributed by atoms with Gasteiger partial charge in [-0.2, -0.15) is 0 Å². The molecule has 0 aliphatic heterocycles. The summed E-state index contributed by atoms with van der Waals surface area (Å²) in [5, 5.41) is 5.30. The molecule has 1 amide bonds. The monoisotopic (exact) mass is 296 g/mol. The van der Waals surface area contributed by atoms with Crippen LogP contribution in [0.25, 0.3) is 10.6 Å². The minimum absolute atomic E-state index is 0.243. The number of amides is 1. The number of hydrogen-bond acceptors (Lipinski definition) is 5. The Morgan fingerprint density at radius 2 is 2.05 bits per heavy atom. The fourth-order valence-corrected chi connectivity index (χ4v) is 2.70. The van der Waals surface area contributed by atoms with E-state index >= 15 is 0 Å². The van der Waals surface area contributed by atoms with E-state index in [0.717, 1.165) is 16.1 Å². The van der Waals surface area contributed by atoms with Crippen LogP contribution in [0, 0.1) is 6.92 Å². The van der Waals surface area contributed by atoms with Gasteiger partial charge in [-0.25, -0.2) is 4.98 Å². The summed E-state index contributed by atoms with van der Waals surface area (Å²) in [5.41, 5.74) is 3.07. The van der Waals surface area contributed by atoms with E-state index in [1.165, 1.54) is 11.3 Å². The first-order valence-electron chi connectivity index (χ1n) is 6.32. The number of anilines is 1. The van der Waals surface area contributed by atoms with Gasteiger partial charge in [0.25, 0.3) is 5.91 Å². The van der Waals surface area contributed by atoms with Crippen molar-refractivity contribution in [2.45, 2.75) is 6.92 Å². The van der Waals surface area contributed by atoms with Crippen molar-refractivity contribution in [2.75, 3.05) is 5.32 Å². The highest BCUT2D eigenvalue weighted by Gasteiger charge is 2.13. The minimum Gasteiger partial charge on any atom is -0.319 e. The maximum atomic E-state index is 12.1. The molecule has 0 fully saturated rings. The molecule has 3 rings (SSSR count). The maximum absolute atomic E-state index is 12.1. The summed E-state index contributed by atoms with van der Waals surface area (Å²) in [4.78, 5) is 24.6. The first-order valence-corrected chi connectivity index (χ1v) is 7.20. The number of carbonyl (C=O) groups excluding carboxylic acids is 1. The van der Waals surface area contributed by atoms with Gasteiger partial charge in [0.1, 0.15) is 10.7 Å². The highest BCUT2D eigenvalue weighted by Crippen LogP contribution is 2.26. The molecule has 0 aromatic carbocycles. The number of aryl methyl sites for hydroxylation is 1. The van der Waals surface area contributed by atoms with Gasteiger partial charge in [-0.15, -0.1) is 11.3 Å².